The smallest absolute Gasteiger partial charge is 0.351 e. The monoisotopic (exact) mass is 244 g/mol. The molecule has 1 aromatic heterocycles. The van der Waals surface area contributed by atoms with Gasteiger partial charge in [0.2, 0.25) is 5.94 Å². The van der Waals surface area contributed by atoms with Gasteiger partial charge in [0.25, 0.3) is 0 Å². The van der Waals surface area contributed by atoms with Crippen LogP contribution >= 0.6 is 0 Å². The lowest BCUT2D eigenvalue weighted by Gasteiger charge is -2.23. The molecule has 0 saturated carbocycles. The first-order chi connectivity index (χ1) is 7.70. The summed E-state index contributed by atoms with van der Waals surface area (Å²) in [5.74, 6) is 1.86. The van der Waals surface area contributed by atoms with Crippen molar-refractivity contribution in [1.82, 2.24) is 9.55 Å². The van der Waals surface area contributed by atoms with Gasteiger partial charge in [0.15, 0.2) is 12.0 Å². The molecule has 2 atom stereocenters. The summed E-state index contributed by atoms with van der Waals surface area (Å²) in [5, 5.41) is 9.10. The molecule has 3 N–H and O–H groups in total. The highest BCUT2D eigenvalue weighted by Crippen LogP contribution is 2.17. The van der Waals surface area contributed by atoms with Crippen molar-refractivity contribution < 1.29 is 9.84 Å². The molecule has 0 radical (unpaired) electrons. The summed E-state index contributed by atoms with van der Waals surface area (Å²) in [4.78, 5) is 15.2. The zero-order valence-electron chi connectivity index (χ0n) is 8.70. The highest BCUT2D eigenvalue weighted by molar-refractivity contribution is 7.96. The topological polar surface area (TPSA) is 90.4 Å². The number of nitrogens with two attached hydrogens (primary N) is 1. The molecule has 2 heterocycles. The zero-order valence-corrected chi connectivity index (χ0v) is 9.52. The predicted octanol–water partition coefficient (Wildman–Crippen LogP) is -1.08. The van der Waals surface area contributed by atoms with Gasteiger partial charge in [0.05, 0.1) is 6.61 Å². The first-order valence-corrected chi connectivity index (χ1v) is 6.65. The minimum atomic E-state index is -0.409. The fraction of sp³-hybridized carbons (Fsp3) is 0.556. The van der Waals surface area contributed by atoms with Crippen LogP contribution in [0.5, 0.6) is 0 Å². The van der Waals surface area contributed by atoms with Gasteiger partial charge in [0, 0.05) is 17.1 Å². The van der Waals surface area contributed by atoms with Crippen molar-refractivity contribution in [2.75, 3.05) is 29.8 Å². The molecular weight excluding hydrogens is 230 g/mol. The molecule has 1 aliphatic heterocycles. The van der Waals surface area contributed by atoms with Gasteiger partial charge in [-0.1, -0.05) is 0 Å². The Kier molecular flexibility index (Phi) is 3.47. The fourth-order valence-corrected chi connectivity index (χ4v) is 2.95. The minimum absolute atomic E-state index is 0.0840. The number of nitrogens with zero attached hydrogens (tertiary/aromatic N) is 2. The summed E-state index contributed by atoms with van der Waals surface area (Å²) < 4.78 is 6.92. The SMILES string of the molecule is Nc1ccn(C2C[S+](CO)CCO2)c(=O)n1. The van der Waals surface area contributed by atoms with Crippen LogP contribution in [0, 0.1) is 0 Å². The molecule has 1 aliphatic rings. The molecule has 1 saturated heterocycles. The first kappa shape index (κ1) is 11.4. The molecule has 1 fully saturated rings. The second kappa shape index (κ2) is 4.86. The maximum Gasteiger partial charge on any atom is 0.351 e. The summed E-state index contributed by atoms with van der Waals surface area (Å²) in [7, 11) is -0.0840. The maximum atomic E-state index is 11.6. The number of aliphatic hydroxyl groups excluding tert-OH is 1. The van der Waals surface area contributed by atoms with Crippen molar-refractivity contribution >= 4 is 16.7 Å². The summed E-state index contributed by atoms with van der Waals surface area (Å²) in [5.41, 5.74) is 5.00. The number of ether oxygens (including phenoxy) is 1. The molecular formula is C9H14N3O3S+. The van der Waals surface area contributed by atoms with Gasteiger partial charge in [-0.25, -0.2) is 4.79 Å². The third-order valence-electron chi connectivity index (χ3n) is 2.40. The van der Waals surface area contributed by atoms with E-state index >= 15 is 0 Å². The summed E-state index contributed by atoms with van der Waals surface area (Å²) in [6.07, 6.45) is 1.25. The Morgan fingerprint density at radius 3 is 3.25 bits per heavy atom. The standard InChI is InChI=1S/C9H13N3O3S/c10-7-1-2-12(9(14)11-7)8-5-16(6-13)4-3-15-8/h1-2,8,13H,3-6H2,(H-,10,11,14)/p+1. The second-order valence-electron chi connectivity index (χ2n) is 3.48. The molecule has 1 aromatic rings. The van der Waals surface area contributed by atoms with Crippen LogP contribution in [0.4, 0.5) is 5.82 Å². The van der Waals surface area contributed by atoms with E-state index in [9.17, 15) is 4.79 Å². The molecule has 0 aromatic carbocycles. The molecule has 7 heteroatoms. The maximum absolute atomic E-state index is 11.6. The Bertz CT molecular complexity index is 423. The lowest BCUT2D eigenvalue weighted by molar-refractivity contribution is 0.0193. The van der Waals surface area contributed by atoms with Gasteiger partial charge in [-0.2, -0.15) is 4.98 Å². The molecule has 0 spiro atoms. The Morgan fingerprint density at radius 2 is 2.56 bits per heavy atom. The average Bonchev–Trinajstić information content (AvgIpc) is 2.29. The summed E-state index contributed by atoms with van der Waals surface area (Å²) >= 11 is 0. The van der Waals surface area contributed by atoms with Crippen molar-refractivity contribution in [1.29, 1.82) is 0 Å². The lowest BCUT2D eigenvalue weighted by Crippen LogP contribution is -2.38. The minimum Gasteiger partial charge on any atom is -0.383 e. The molecule has 0 amide bonds. The van der Waals surface area contributed by atoms with Crippen LogP contribution in [0.15, 0.2) is 17.1 Å². The number of anilines is 1. The van der Waals surface area contributed by atoms with Crippen LogP contribution < -0.4 is 11.4 Å². The highest BCUT2D eigenvalue weighted by Gasteiger charge is 2.31. The molecule has 16 heavy (non-hydrogen) atoms. The Labute approximate surface area is 95.4 Å². The van der Waals surface area contributed by atoms with E-state index in [-0.39, 0.29) is 28.9 Å². The van der Waals surface area contributed by atoms with Crippen LogP contribution in [0.3, 0.4) is 0 Å². The third-order valence-corrected chi connectivity index (χ3v) is 4.27. The van der Waals surface area contributed by atoms with Gasteiger partial charge < -0.3 is 15.6 Å². The molecule has 88 valence electrons. The molecule has 6 nitrogen and oxygen atoms in total. The van der Waals surface area contributed by atoms with Crippen LogP contribution in [-0.2, 0) is 15.6 Å². The molecule has 0 aliphatic carbocycles. The van der Waals surface area contributed by atoms with E-state index in [1.807, 2.05) is 0 Å². The van der Waals surface area contributed by atoms with Crippen molar-refractivity contribution in [2.24, 2.45) is 0 Å². The largest absolute Gasteiger partial charge is 0.383 e. The second-order valence-corrected chi connectivity index (χ2v) is 5.70. The van der Waals surface area contributed by atoms with Crippen LogP contribution in [0.2, 0.25) is 0 Å². The van der Waals surface area contributed by atoms with E-state index < -0.39 is 5.69 Å². The quantitative estimate of drug-likeness (QED) is 0.646. The number of nitrogen functional groups attached to an aromatic ring is 1. The van der Waals surface area contributed by atoms with Crippen molar-refractivity contribution in [2.45, 2.75) is 6.23 Å². The predicted molar refractivity (Wildman–Crippen MR) is 62.1 cm³/mol. The van der Waals surface area contributed by atoms with Crippen LogP contribution in [0.1, 0.15) is 6.23 Å². The van der Waals surface area contributed by atoms with Gasteiger partial charge in [-0.3, -0.25) is 4.57 Å². The summed E-state index contributed by atoms with van der Waals surface area (Å²) in [6, 6.07) is 1.57. The normalized spacial score (nSPS) is 25.6. The molecule has 2 unspecified atom stereocenters. The lowest BCUT2D eigenvalue weighted by atomic mass is 10.5. The number of rotatable bonds is 2. The van der Waals surface area contributed by atoms with Crippen molar-refractivity contribution in [3.63, 3.8) is 0 Å². The van der Waals surface area contributed by atoms with Crippen molar-refractivity contribution in [3.8, 4) is 0 Å². The van der Waals surface area contributed by atoms with E-state index in [1.165, 1.54) is 4.57 Å². The number of hydrogen-bond donors (Lipinski definition) is 2. The van der Waals surface area contributed by atoms with E-state index in [4.69, 9.17) is 15.6 Å². The number of aliphatic hydroxyl groups is 1. The third kappa shape index (κ3) is 2.37. The van der Waals surface area contributed by atoms with Crippen molar-refractivity contribution in [3.05, 3.63) is 22.7 Å². The molecule has 0 bridgehead atoms. The van der Waals surface area contributed by atoms with Crippen LogP contribution in [-0.4, -0.2) is 38.7 Å². The Morgan fingerprint density at radius 1 is 1.75 bits per heavy atom. The average molecular weight is 244 g/mol. The zero-order chi connectivity index (χ0) is 11.5. The van der Waals surface area contributed by atoms with Gasteiger partial charge >= 0.3 is 5.69 Å². The van der Waals surface area contributed by atoms with Crippen LogP contribution in [0.25, 0.3) is 0 Å². The fourth-order valence-electron chi connectivity index (χ4n) is 1.56. The number of hydrogen-bond acceptors (Lipinski definition) is 5. The van der Waals surface area contributed by atoms with Gasteiger partial charge in [-0.15, -0.1) is 0 Å². The number of aromatic nitrogens is 2. The first-order valence-electron chi connectivity index (χ1n) is 4.92. The molecule has 2 rings (SSSR count). The van der Waals surface area contributed by atoms with E-state index in [1.54, 1.807) is 12.3 Å². The Hall–Kier alpha value is -1.05. The van der Waals surface area contributed by atoms with Gasteiger partial charge in [0.1, 0.15) is 11.6 Å². The summed E-state index contributed by atoms with van der Waals surface area (Å²) in [6.45, 7) is 0.561. The Balaban J connectivity index is 2.20. The van der Waals surface area contributed by atoms with E-state index in [0.717, 1.165) is 5.75 Å². The highest BCUT2D eigenvalue weighted by atomic mass is 32.2. The van der Waals surface area contributed by atoms with Gasteiger partial charge in [-0.05, 0) is 6.07 Å². The van der Waals surface area contributed by atoms with E-state index in [0.29, 0.717) is 12.4 Å². The van der Waals surface area contributed by atoms with E-state index in [2.05, 4.69) is 4.98 Å².